The van der Waals surface area contributed by atoms with Crippen molar-refractivity contribution in [2.24, 2.45) is 0 Å². The van der Waals surface area contributed by atoms with E-state index in [0.717, 1.165) is 0 Å². The zero-order valence-corrected chi connectivity index (χ0v) is 10.5. The van der Waals surface area contributed by atoms with E-state index in [2.05, 4.69) is 10.5 Å². The van der Waals surface area contributed by atoms with Crippen molar-refractivity contribution >= 4 is 11.6 Å². The van der Waals surface area contributed by atoms with Gasteiger partial charge in [0.05, 0.1) is 5.69 Å². The first-order valence-electron chi connectivity index (χ1n) is 5.79. The lowest BCUT2D eigenvalue weighted by atomic mass is 10.2. The fourth-order valence-electron chi connectivity index (χ4n) is 1.98. The summed E-state index contributed by atoms with van der Waals surface area (Å²) in [6.07, 6.45) is 0. The molecule has 1 N–H and O–H groups in total. The molecule has 2 heterocycles. The molecule has 0 bridgehead atoms. The Labute approximate surface area is 109 Å². The summed E-state index contributed by atoms with van der Waals surface area (Å²) < 4.78 is 15.4. The van der Waals surface area contributed by atoms with Gasteiger partial charge in [0.15, 0.2) is 11.5 Å². The standard InChI is InChI=1S/C13H12N2O4/c1-7-12(8(2)19-15-7)13(16)14-9-3-4-10-11(5-9)18-6-17-10/h3-5H,6H2,1-2H3,(H,14,16). The molecule has 98 valence electrons. The maximum Gasteiger partial charge on any atom is 0.261 e. The Balaban J connectivity index is 1.84. The first-order valence-corrected chi connectivity index (χ1v) is 5.79. The lowest BCUT2D eigenvalue weighted by molar-refractivity contribution is 0.102. The van der Waals surface area contributed by atoms with Gasteiger partial charge in [-0.15, -0.1) is 0 Å². The van der Waals surface area contributed by atoms with E-state index in [0.29, 0.717) is 34.2 Å². The van der Waals surface area contributed by atoms with Crippen molar-refractivity contribution < 1.29 is 18.8 Å². The number of carbonyl (C=O) groups is 1. The summed E-state index contributed by atoms with van der Waals surface area (Å²) >= 11 is 0. The molecule has 0 saturated heterocycles. The Hall–Kier alpha value is -2.50. The summed E-state index contributed by atoms with van der Waals surface area (Å²) in [5, 5.41) is 6.54. The van der Waals surface area contributed by atoms with Gasteiger partial charge in [-0.1, -0.05) is 5.16 Å². The molecule has 3 rings (SSSR count). The molecule has 2 aromatic rings. The smallest absolute Gasteiger partial charge is 0.261 e. The molecule has 0 fully saturated rings. The van der Waals surface area contributed by atoms with Gasteiger partial charge in [-0.2, -0.15) is 0 Å². The normalized spacial score (nSPS) is 12.5. The van der Waals surface area contributed by atoms with Crippen LogP contribution >= 0.6 is 0 Å². The van der Waals surface area contributed by atoms with Crippen LogP contribution in [0.15, 0.2) is 22.7 Å². The predicted octanol–water partition coefficient (Wildman–Crippen LogP) is 2.27. The number of fused-ring (bicyclic) bond motifs is 1. The highest BCUT2D eigenvalue weighted by molar-refractivity contribution is 6.05. The maximum absolute atomic E-state index is 12.1. The molecule has 1 aliphatic rings. The molecule has 0 radical (unpaired) electrons. The third kappa shape index (κ3) is 2.01. The average Bonchev–Trinajstić information content (AvgIpc) is 2.95. The summed E-state index contributed by atoms with van der Waals surface area (Å²) in [6, 6.07) is 5.23. The van der Waals surface area contributed by atoms with Gasteiger partial charge in [0, 0.05) is 11.8 Å². The van der Waals surface area contributed by atoms with E-state index in [-0.39, 0.29) is 12.7 Å². The number of rotatable bonds is 2. The number of amides is 1. The zero-order valence-electron chi connectivity index (χ0n) is 10.5. The molecule has 1 aromatic carbocycles. The minimum atomic E-state index is -0.255. The van der Waals surface area contributed by atoms with Gasteiger partial charge >= 0.3 is 0 Å². The van der Waals surface area contributed by atoms with E-state index in [9.17, 15) is 4.79 Å². The number of nitrogens with one attached hydrogen (secondary N) is 1. The van der Waals surface area contributed by atoms with Crippen LogP contribution < -0.4 is 14.8 Å². The predicted molar refractivity (Wildman–Crippen MR) is 66.5 cm³/mol. The van der Waals surface area contributed by atoms with Crippen molar-refractivity contribution in [3.63, 3.8) is 0 Å². The van der Waals surface area contributed by atoms with E-state index in [1.165, 1.54) is 0 Å². The summed E-state index contributed by atoms with van der Waals surface area (Å²) in [5.41, 5.74) is 1.66. The Morgan fingerprint density at radius 2 is 2.05 bits per heavy atom. The third-order valence-electron chi connectivity index (χ3n) is 2.89. The van der Waals surface area contributed by atoms with Crippen LogP contribution in [0.3, 0.4) is 0 Å². The van der Waals surface area contributed by atoms with Crippen LogP contribution in [0.25, 0.3) is 0 Å². The Morgan fingerprint density at radius 3 is 2.79 bits per heavy atom. The average molecular weight is 260 g/mol. The number of nitrogens with zero attached hydrogens (tertiary/aromatic N) is 1. The summed E-state index contributed by atoms with van der Waals surface area (Å²) in [6.45, 7) is 3.64. The first kappa shape index (κ1) is 11.6. The van der Waals surface area contributed by atoms with Crippen LogP contribution in [-0.4, -0.2) is 17.9 Å². The van der Waals surface area contributed by atoms with Crippen molar-refractivity contribution in [1.29, 1.82) is 0 Å². The molecule has 6 nitrogen and oxygen atoms in total. The molecule has 1 aromatic heterocycles. The van der Waals surface area contributed by atoms with Crippen LogP contribution in [0.5, 0.6) is 11.5 Å². The van der Waals surface area contributed by atoms with Gasteiger partial charge in [-0.3, -0.25) is 4.79 Å². The van der Waals surface area contributed by atoms with E-state index in [1.807, 2.05) is 0 Å². The van der Waals surface area contributed by atoms with Crippen LogP contribution in [0, 0.1) is 13.8 Å². The number of aromatic nitrogens is 1. The minimum absolute atomic E-state index is 0.205. The second-order valence-electron chi connectivity index (χ2n) is 4.22. The fraction of sp³-hybridized carbons (Fsp3) is 0.231. The van der Waals surface area contributed by atoms with Crippen LogP contribution in [-0.2, 0) is 0 Å². The van der Waals surface area contributed by atoms with Crippen molar-refractivity contribution in [2.45, 2.75) is 13.8 Å². The number of benzene rings is 1. The van der Waals surface area contributed by atoms with Gasteiger partial charge in [-0.05, 0) is 26.0 Å². The molecule has 1 aliphatic heterocycles. The van der Waals surface area contributed by atoms with Gasteiger partial charge < -0.3 is 19.3 Å². The quantitative estimate of drug-likeness (QED) is 0.896. The molecule has 0 unspecified atom stereocenters. The highest BCUT2D eigenvalue weighted by Gasteiger charge is 2.19. The third-order valence-corrected chi connectivity index (χ3v) is 2.89. The Bertz CT molecular complexity index is 629. The van der Waals surface area contributed by atoms with Gasteiger partial charge in [-0.25, -0.2) is 0 Å². The van der Waals surface area contributed by atoms with E-state index < -0.39 is 0 Å². The highest BCUT2D eigenvalue weighted by atomic mass is 16.7. The lowest BCUT2D eigenvalue weighted by Gasteiger charge is -2.05. The summed E-state index contributed by atoms with van der Waals surface area (Å²) in [5.74, 6) is 1.54. The number of carbonyl (C=O) groups excluding carboxylic acids is 1. The molecule has 0 spiro atoms. The Kier molecular flexibility index (Phi) is 2.63. The van der Waals surface area contributed by atoms with Crippen LogP contribution in [0.2, 0.25) is 0 Å². The molecule has 19 heavy (non-hydrogen) atoms. The molecular weight excluding hydrogens is 248 g/mol. The van der Waals surface area contributed by atoms with Crippen molar-refractivity contribution in [3.8, 4) is 11.5 Å². The molecule has 0 aliphatic carbocycles. The monoisotopic (exact) mass is 260 g/mol. The van der Waals surface area contributed by atoms with Crippen molar-refractivity contribution in [3.05, 3.63) is 35.2 Å². The topological polar surface area (TPSA) is 73.6 Å². The molecule has 1 amide bonds. The number of hydrogen-bond acceptors (Lipinski definition) is 5. The second kappa shape index (κ2) is 4.31. The lowest BCUT2D eigenvalue weighted by Crippen LogP contribution is -2.13. The van der Waals surface area contributed by atoms with E-state index >= 15 is 0 Å². The Morgan fingerprint density at radius 1 is 1.26 bits per heavy atom. The zero-order chi connectivity index (χ0) is 13.4. The number of aryl methyl sites for hydroxylation is 2. The highest BCUT2D eigenvalue weighted by Crippen LogP contribution is 2.34. The largest absolute Gasteiger partial charge is 0.454 e. The van der Waals surface area contributed by atoms with Crippen molar-refractivity contribution in [2.75, 3.05) is 12.1 Å². The minimum Gasteiger partial charge on any atom is -0.454 e. The van der Waals surface area contributed by atoms with Gasteiger partial charge in [0.1, 0.15) is 11.3 Å². The maximum atomic E-state index is 12.1. The van der Waals surface area contributed by atoms with E-state index in [1.54, 1.807) is 32.0 Å². The number of hydrogen-bond donors (Lipinski definition) is 1. The summed E-state index contributed by atoms with van der Waals surface area (Å²) in [4.78, 5) is 12.1. The summed E-state index contributed by atoms with van der Waals surface area (Å²) in [7, 11) is 0. The van der Waals surface area contributed by atoms with E-state index in [4.69, 9.17) is 14.0 Å². The SMILES string of the molecule is Cc1noc(C)c1C(=O)Nc1ccc2c(c1)OCO2. The van der Waals surface area contributed by atoms with Crippen LogP contribution in [0.1, 0.15) is 21.8 Å². The molecule has 0 saturated carbocycles. The van der Waals surface area contributed by atoms with Gasteiger partial charge in [0.25, 0.3) is 5.91 Å². The molecule has 6 heteroatoms. The van der Waals surface area contributed by atoms with Gasteiger partial charge in [0.2, 0.25) is 6.79 Å². The molecular formula is C13H12N2O4. The molecule has 0 atom stereocenters. The second-order valence-corrected chi connectivity index (χ2v) is 4.22. The van der Waals surface area contributed by atoms with Crippen molar-refractivity contribution in [1.82, 2.24) is 5.16 Å². The number of anilines is 1. The number of ether oxygens (including phenoxy) is 2. The fourth-order valence-corrected chi connectivity index (χ4v) is 1.98. The first-order chi connectivity index (χ1) is 9.15. The van der Waals surface area contributed by atoms with Crippen LogP contribution in [0.4, 0.5) is 5.69 Å².